The summed E-state index contributed by atoms with van der Waals surface area (Å²) < 4.78 is 0. The van der Waals surface area contributed by atoms with E-state index < -0.39 is 0 Å². The first kappa shape index (κ1) is 22.0. The van der Waals surface area contributed by atoms with Gasteiger partial charge in [0, 0.05) is 44.8 Å². The van der Waals surface area contributed by atoms with Gasteiger partial charge in [0.25, 0.3) is 17.7 Å². The van der Waals surface area contributed by atoms with Crippen molar-refractivity contribution in [2.45, 2.75) is 6.54 Å². The van der Waals surface area contributed by atoms with Gasteiger partial charge in [-0.2, -0.15) is 0 Å². The predicted molar refractivity (Wildman–Crippen MR) is 116 cm³/mol. The number of piperazine rings is 1. The molecule has 3 amide bonds. The number of nitrogens with one attached hydrogen (secondary N) is 2. The Kier molecular flexibility index (Phi) is 7.20. The molecule has 2 aromatic carbocycles. The molecule has 2 aromatic rings. The second kappa shape index (κ2) is 9.84. The molecule has 0 aliphatic carbocycles. The topological polar surface area (TPSA) is 81.8 Å². The number of carbonyl (C=O) groups is 3. The molecule has 4 rings (SSSR count). The van der Waals surface area contributed by atoms with E-state index in [0.29, 0.717) is 23.2 Å². The second-order valence-corrected chi connectivity index (χ2v) is 7.29. The minimum atomic E-state index is -0.295. The van der Waals surface area contributed by atoms with Crippen LogP contribution < -0.4 is 10.6 Å². The highest BCUT2D eigenvalue weighted by molar-refractivity contribution is 6.21. The molecule has 2 aliphatic heterocycles. The van der Waals surface area contributed by atoms with Crippen LogP contribution in [0.5, 0.6) is 0 Å². The second-order valence-electron chi connectivity index (χ2n) is 7.29. The molecule has 2 N–H and O–H groups in total. The molecule has 158 valence electrons. The predicted octanol–water partition coefficient (Wildman–Crippen LogP) is 1.54. The Bertz CT molecular complexity index is 908. The van der Waals surface area contributed by atoms with E-state index in [1.54, 1.807) is 42.5 Å². The van der Waals surface area contributed by atoms with E-state index in [1.165, 1.54) is 4.90 Å². The van der Waals surface area contributed by atoms with Gasteiger partial charge in [0.05, 0.1) is 17.7 Å². The standard InChI is InChI=1S/C22H24N4O3.ClH/c27-20(24-10-13-25-11-8-23-9-12-25)17-5-3-4-16(14-17)15-26-21(28)18-6-1-2-7-19(18)22(26)29;/h1-7,14,23H,8-13,15H2,(H,24,27);1H. The summed E-state index contributed by atoms with van der Waals surface area (Å²) in [5.41, 5.74) is 2.13. The Hall–Kier alpha value is -2.74. The maximum atomic E-state index is 12.5. The number of halogens is 1. The average molecular weight is 429 g/mol. The van der Waals surface area contributed by atoms with Crippen LogP contribution in [0.2, 0.25) is 0 Å². The van der Waals surface area contributed by atoms with Crippen molar-refractivity contribution in [1.82, 2.24) is 20.4 Å². The third kappa shape index (κ3) is 4.70. The van der Waals surface area contributed by atoms with Crippen LogP contribution in [-0.2, 0) is 6.54 Å². The van der Waals surface area contributed by atoms with Gasteiger partial charge in [0.1, 0.15) is 0 Å². The summed E-state index contributed by atoms with van der Waals surface area (Å²) in [4.78, 5) is 41.1. The van der Waals surface area contributed by atoms with Crippen LogP contribution in [0.25, 0.3) is 0 Å². The average Bonchev–Trinajstić information content (AvgIpc) is 3.00. The van der Waals surface area contributed by atoms with E-state index >= 15 is 0 Å². The van der Waals surface area contributed by atoms with Gasteiger partial charge in [0.2, 0.25) is 0 Å². The minimum absolute atomic E-state index is 0. The van der Waals surface area contributed by atoms with E-state index in [9.17, 15) is 14.4 Å². The number of imide groups is 1. The molecule has 0 bridgehead atoms. The molecular weight excluding hydrogens is 404 g/mol. The Morgan fingerprint density at radius 3 is 2.30 bits per heavy atom. The van der Waals surface area contributed by atoms with E-state index in [1.807, 2.05) is 6.07 Å². The number of benzene rings is 2. The van der Waals surface area contributed by atoms with Crippen LogP contribution in [-0.4, -0.2) is 66.8 Å². The van der Waals surface area contributed by atoms with Crippen molar-refractivity contribution in [2.75, 3.05) is 39.3 Å². The summed E-state index contributed by atoms with van der Waals surface area (Å²) >= 11 is 0. The number of amides is 3. The molecule has 8 heteroatoms. The Balaban J connectivity index is 0.00000256. The highest BCUT2D eigenvalue weighted by Crippen LogP contribution is 2.24. The van der Waals surface area contributed by atoms with E-state index in [0.717, 1.165) is 38.3 Å². The lowest BCUT2D eigenvalue weighted by molar-refractivity contribution is 0.0642. The van der Waals surface area contributed by atoms with Crippen LogP contribution >= 0.6 is 12.4 Å². The van der Waals surface area contributed by atoms with E-state index in [4.69, 9.17) is 0 Å². The highest BCUT2D eigenvalue weighted by atomic mass is 35.5. The monoisotopic (exact) mass is 428 g/mol. The quantitative estimate of drug-likeness (QED) is 0.682. The van der Waals surface area contributed by atoms with Gasteiger partial charge >= 0.3 is 0 Å². The molecule has 0 radical (unpaired) electrons. The Morgan fingerprint density at radius 1 is 0.967 bits per heavy atom. The van der Waals surface area contributed by atoms with Crippen LogP contribution in [0.4, 0.5) is 0 Å². The van der Waals surface area contributed by atoms with Crippen LogP contribution in [0.1, 0.15) is 36.6 Å². The summed E-state index contributed by atoms with van der Waals surface area (Å²) in [5, 5.41) is 6.26. The molecular formula is C22H25ClN4O3. The normalized spacial score (nSPS) is 16.2. The van der Waals surface area contributed by atoms with Gasteiger partial charge in [0.15, 0.2) is 0 Å². The van der Waals surface area contributed by atoms with Crippen molar-refractivity contribution in [2.24, 2.45) is 0 Å². The van der Waals surface area contributed by atoms with Crippen molar-refractivity contribution < 1.29 is 14.4 Å². The summed E-state index contributed by atoms with van der Waals surface area (Å²) in [6, 6.07) is 13.9. The third-order valence-electron chi connectivity index (χ3n) is 5.33. The fourth-order valence-electron chi connectivity index (χ4n) is 3.74. The maximum absolute atomic E-state index is 12.5. The lowest BCUT2D eigenvalue weighted by Gasteiger charge is -2.27. The summed E-state index contributed by atoms with van der Waals surface area (Å²) in [6.07, 6.45) is 0. The summed E-state index contributed by atoms with van der Waals surface area (Å²) in [6.45, 7) is 5.50. The fourth-order valence-corrected chi connectivity index (χ4v) is 3.74. The number of fused-ring (bicyclic) bond motifs is 1. The van der Waals surface area contributed by atoms with Crippen molar-refractivity contribution in [1.29, 1.82) is 0 Å². The summed E-state index contributed by atoms with van der Waals surface area (Å²) in [5.74, 6) is -0.739. The first-order valence-corrected chi connectivity index (χ1v) is 9.89. The molecule has 1 saturated heterocycles. The number of rotatable bonds is 6. The van der Waals surface area contributed by atoms with Gasteiger partial charge in [-0.15, -0.1) is 12.4 Å². The smallest absolute Gasteiger partial charge is 0.261 e. The van der Waals surface area contributed by atoms with Gasteiger partial charge in [-0.1, -0.05) is 24.3 Å². The number of carbonyl (C=O) groups excluding carboxylic acids is 3. The van der Waals surface area contributed by atoms with Gasteiger partial charge < -0.3 is 10.6 Å². The van der Waals surface area contributed by atoms with Crippen LogP contribution in [0, 0.1) is 0 Å². The van der Waals surface area contributed by atoms with Crippen LogP contribution in [0.15, 0.2) is 48.5 Å². The van der Waals surface area contributed by atoms with Crippen molar-refractivity contribution in [3.63, 3.8) is 0 Å². The Labute approximate surface area is 181 Å². The minimum Gasteiger partial charge on any atom is -0.351 e. The molecule has 30 heavy (non-hydrogen) atoms. The molecule has 0 atom stereocenters. The Morgan fingerprint density at radius 2 is 1.63 bits per heavy atom. The first-order valence-electron chi connectivity index (χ1n) is 9.89. The van der Waals surface area contributed by atoms with Gasteiger partial charge in [-0.05, 0) is 29.8 Å². The SMILES string of the molecule is Cl.O=C(NCCN1CCNCC1)c1cccc(CN2C(=O)c3ccccc3C2=O)c1. The lowest BCUT2D eigenvalue weighted by Crippen LogP contribution is -2.46. The lowest BCUT2D eigenvalue weighted by atomic mass is 10.1. The summed E-state index contributed by atoms with van der Waals surface area (Å²) in [7, 11) is 0. The van der Waals surface area contributed by atoms with E-state index in [-0.39, 0.29) is 36.7 Å². The zero-order valence-corrected chi connectivity index (χ0v) is 17.4. The number of hydrogen-bond acceptors (Lipinski definition) is 5. The van der Waals surface area contributed by atoms with Crippen molar-refractivity contribution in [3.05, 3.63) is 70.8 Å². The zero-order chi connectivity index (χ0) is 20.2. The molecule has 0 saturated carbocycles. The molecule has 2 aliphatic rings. The molecule has 0 unspecified atom stereocenters. The number of nitrogens with zero attached hydrogens (tertiary/aromatic N) is 2. The molecule has 2 heterocycles. The van der Waals surface area contributed by atoms with Gasteiger partial charge in [-0.25, -0.2) is 0 Å². The largest absolute Gasteiger partial charge is 0.351 e. The highest BCUT2D eigenvalue weighted by Gasteiger charge is 2.34. The molecule has 0 aromatic heterocycles. The third-order valence-corrected chi connectivity index (χ3v) is 5.33. The zero-order valence-electron chi connectivity index (χ0n) is 16.6. The molecule has 0 spiro atoms. The number of hydrogen-bond donors (Lipinski definition) is 2. The molecule has 7 nitrogen and oxygen atoms in total. The maximum Gasteiger partial charge on any atom is 0.261 e. The molecule has 1 fully saturated rings. The van der Waals surface area contributed by atoms with Crippen molar-refractivity contribution >= 4 is 30.1 Å². The van der Waals surface area contributed by atoms with E-state index in [2.05, 4.69) is 15.5 Å². The first-order chi connectivity index (χ1) is 14.1. The van der Waals surface area contributed by atoms with Crippen LogP contribution in [0.3, 0.4) is 0 Å². The fraction of sp³-hybridized carbons (Fsp3) is 0.318. The van der Waals surface area contributed by atoms with Gasteiger partial charge in [-0.3, -0.25) is 24.2 Å². The van der Waals surface area contributed by atoms with Crippen molar-refractivity contribution in [3.8, 4) is 0 Å².